The van der Waals surface area contributed by atoms with Gasteiger partial charge in [0.2, 0.25) is 10.0 Å². The summed E-state index contributed by atoms with van der Waals surface area (Å²) in [6, 6.07) is 11.1. The van der Waals surface area contributed by atoms with E-state index in [-0.39, 0.29) is 12.1 Å². The van der Waals surface area contributed by atoms with Crippen LogP contribution in [0.25, 0.3) is 0 Å². The van der Waals surface area contributed by atoms with Crippen LogP contribution in [0.15, 0.2) is 60.0 Å². The first-order valence-electron chi connectivity index (χ1n) is 10.4. The lowest BCUT2D eigenvalue weighted by Crippen LogP contribution is -2.36. The van der Waals surface area contributed by atoms with Crippen LogP contribution in [0.1, 0.15) is 40.7 Å². The van der Waals surface area contributed by atoms with Crippen molar-refractivity contribution in [1.82, 2.24) is 24.4 Å². The van der Waals surface area contributed by atoms with Crippen LogP contribution in [0.2, 0.25) is 0 Å². The summed E-state index contributed by atoms with van der Waals surface area (Å²) >= 11 is 0. The normalized spacial score (nSPS) is 14.9. The molecular formula is C22H24FN5O3S. The fourth-order valence-electron chi connectivity index (χ4n) is 3.71. The molecule has 0 saturated carbocycles. The number of hydrogen-bond acceptors (Lipinski definition) is 5. The van der Waals surface area contributed by atoms with Crippen molar-refractivity contribution < 1.29 is 17.6 Å². The van der Waals surface area contributed by atoms with Crippen molar-refractivity contribution in [2.45, 2.75) is 37.2 Å². The van der Waals surface area contributed by atoms with E-state index in [1.807, 2.05) is 24.3 Å². The van der Waals surface area contributed by atoms with E-state index < -0.39 is 26.6 Å². The Morgan fingerprint density at radius 2 is 1.84 bits per heavy atom. The number of nitrogens with zero attached hydrogens (tertiary/aromatic N) is 4. The van der Waals surface area contributed by atoms with Gasteiger partial charge in [-0.3, -0.25) is 4.79 Å². The average Bonchev–Trinajstić information content (AvgIpc) is 3.31. The van der Waals surface area contributed by atoms with Crippen molar-refractivity contribution >= 4 is 15.9 Å². The monoisotopic (exact) mass is 457 g/mol. The fourth-order valence-corrected chi connectivity index (χ4v) is 5.32. The number of sulfonamides is 1. The number of hydrogen-bond donors (Lipinski definition) is 1. The Bertz CT molecular complexity index is 1190. The predicted molar refractivity (Wildman–Crippen MR) is 116 cm³/mol. The van der Waals surface area contributed by atoms with Crippen LogP contribution < -0.4 is 5.32 Å². The minimum Gasteiger partial charge on any atom is -0.348 e. The molecular weight excluding hydrogens is 433 g/mol. The summed E-state index contributed by atoms with van der Waals surface area (Å²) in [4.78, 5) is 16.1. The molecule has 1 aliphatic rings. The SMILES string of the molecule is O=C(NCc1cccc(Cn2cncn2)c1)c1ccc(F)c(S(=O)(=O)N2CCCCC2)c1. The van der Waals surface area contributed by atoms with Crippen molar-refractivity contribution in [3.63, 3.8) is 0 Å². The number of amides is 1. The highest BCUT2D eigenvalue weighted by atomic mass is 32.2. The number of aromatic nitrogens is 3. The Morgan fingerprint density at radius 1 is 1.06 bits per heavy atom. The lowest BCUT2D eigenvalue weighted by atomic mass is 10.1. The minimum atomic E-state index is -3.98. The molecule has 1 fully saturated rings. The van der Waals surface area contributed by atoms with Gasteiger partial charge in [-0.05, 0) is 42.2 Å². The second-order valence-electron chi connectivity index (χ2n) is 7.71. The summed E-state index contributed by atoms with van der Waals surface area (Å²) in [5.74, 6) is -1.32. The van der Waals surface area contributed by atoms with Gasteiger partial charge >= 0.3 is 0 Å². The fraction of sp³-hybridized carbons (Fsp3) is 0.318. The standard InChI is InChI=1S/C22H24FN5O3S/c23-20-8-7-19(12-21(20)32(30,31)28-9-2-1-3-10-28)22(29)25-13-17-5-4-6-18(11-17)14-27-16-24-15-26-27/h4-8,11-12,15-16H,1-3,9-10,13-14H2,(H,25,29). The third-order valence-corrected chi connectivity index (χ3v) is 7.30. The summed E-state index contributed by atoms with van der Waals surface area (Å²) in [6.07, 6.45) is 5.54. The zero-order valence-electron chi connectivity index (χ0n) is 17.4. The van der Waals surface area contributed by atoms with E-state index in [1.165, 1.54) is 16.7 Å². The van der Waals surface area contributed by atoms with Crippen LogP contribution in [-0.4, -0.2) is 46.5 Å². The largest absolute Gasteiger partial charge is 0.348 e. The topological polar surface area (TPSA) is 97.2 Å². The van der Waals surface area contributed by atoms with Crippen molar-refractivity contribution in [3.05, 3.63) is 77.6 Å². The van der Waals surface area contributed by atoms with Crippen molar-refractivity contribution in [2.24, 2.45) is 0 Å². The zero-order chi connectivity index (χ0) is 22.6. The highest BCUT2D eigenvalue weighted by Crippen LogP contribution is 2.24. The molecule has 1 N–H and O–H groups in total. The summed E-state index contributed by atoms with van der Waals surface area (Å²) in [7, 11) is -3.98. The number of halogens is 1. The number of nitrogens with one attached hydrogen (secondary N) is 1. The van der Waals surface area contributed by atoms with Gasteiger partial charge in [0.15, 0.2) is 0 Å². The summed E-state index contributed by atoms with van der Waals surface area (Å²) < 4.78 is 43.1. The van der Waals surface area contributed by atoms with E-state index in [4.69, 9.17) is 0 Å². The smallest absolute Gasteiger partial charge is 0.251 e. The molecule has 2 heterocycles. The van der Waals surface area contributed by atoms with Crippen LogP contribution in [0.3, 0.4) is 0 Å². The van der Waals surface area contributed by atoms with Gasteiger partial charge in [-0.1, -0.05) is 30.7 Å². The van der Waals surface area contributed by atoms with Crippen molar-refractivity contribution in [3.8, 4) is 0 Å². The predicted octanol–water partition coefficient (Wildman–Crippen LogP) is 2.57. The van der Waals surface area contributed by atoms with Gasteiger partial charge < -0.3 is 5.32 Å². The van der Waals surface area contributed by atoms with Crippen LogP contribution in [-0.2, 0) is 23.1 Å². The van der Waals surface area contributed by atoms with Gasteiger partial charge in [-0.25, -0.2) is 22.5 Å². The van der Waals surface area contributed by atoms with E-state index in [2.05, 4.69) is 15.4 Å². The van der Waals surface area contributed by atoms with E-state index in [0.29, 0.717) is 19.6 Å². The Kier molecular flexibility index (Phi) is 6.61. The summed E-state index contributed by atoms with van der Waals surface area (Å²) in [5, 5.41) is 6.85. The van der Waals surface area contributed by atoms with E-state index in [0.717, 1.165) is 42.5 Å². The molecule has 4 rings (SSSR count). The molecule has 1 saturated heterocycles. The van der Waals surface area contributed by atoms with Crippen LogP contribution in [0, 0.1) is 5.82 Å². The molecule has 1 aromatic heterocycles. The van der Waals surface area contributed by atoms with E-state index in [1.54, 1.807) is 11.0 Å². The molecule has 1 aliphatic heterocycles. The zero-order valence-corrected chi connectivity index (χ0v) is 18.3. The van der Waals surface area contributed by atoms with Gasteiger partial charge in [0.25, 0.3) is 5.91 Å². The number of piperidine rings is 1. The molecule has 32 heavy (non-hydrogen) atoms. The Labute approximate surface area is 186 Å². The van der Waals surface area contributed by atoms with Gasteiger partial charge in [0, 0.05) is 25.2 Å². The quantitative estimate of drug-likeness (QED) is 0.588. The molecule has 168 valence electrons. The second kappa shape index (κ2) is 9.58. The van der Waals surface area contributed by atoms with E-state index >= 15 is 0 Å². The Morgan fingerprint density at radius 3 is 2.59 bits per heavy atom. The molecule has 0 spiro atoms. The number of benzene rings is 2. The molecule has 0 atom stereocenters. The summed E-state index contributed by atoms with van der Waals surface area (Å²) in [5.41, 5.74) is 1.97. The Balaban J connectivity index is 1.45. The highest BCUT2D eigenvalue weighted by Gasteiger charge is 2.29. The van der Waals surface area contributed by atoms with Crippen LogP contribution in [0.5, 0.6) is 0 Å². The molecule has 10 heteroatoms. The minimum absolute atomic E-state index is 0.0979. The third-order valence-electron chi connectivity index (χ3n) is 5.38. The maximum absolute atomic E-state index is 14.4. The molecule has 0 bridgehead atoms. The van der Waals surface area contributed by atoms with Gasteiger partial charge in [0.1, 0.15) is 23.4 Å². The second-order valence-corrected chi connectivity index (χ2v) is 9.61. The third kappa shape index (κ3) is 5.03. The first kappa shape index (κ1) is 22.1. The van der Waals surface area contributed by atoms with Gasteiger partial charge in [0.05, 0.1) is 6.54 Å². The van der Waals surface area contributed by atoms with Gasteiger partial charge in [-0.15, -0.1) is 0 Å². The average molecular weight is 458 g/mol. The maximum Gasteiger partial charge on any atom is 0.251 e. The first-order chi connectivity index (χ1) is 15.4. The van der Waals surface area contributed by atoms with Crippen molar-refractivity contribution in [1.29, 1.82) is 0 Å². The summed E-state index contributed by atoms with van der Waals surface area (Å²) in [6.45, 7) is 1.53. The Hall–Kier alpha value is -3.11. The highest BCUT2D eigenvalue weighted by molar-refractivity contribution is 7.89. The lowest BCUT2D eigenvalue weighted by molar-refractivity contribution is 0.0950. The molecule has 0 unspecified atom stereocenters. The number of rotatable bonds is 7. The molecule has 2 aromatic carbocycles. The molecule has 8 nitrogen and oxygen atoms in total. The molecule has 3 aromatic rings. The van der Waals surface area contributed by atoms with Gasteiger partial charge in [-0.2, -0.15) is 9.40 Å². The number of carbonyl (C=O) groups excluding carboxylic acids is 1. The lowest BCUT2D eigenvalue weighted by Gasteiger charge is -2.26. The van der Waals surface area contributed by atoms with Crippen LogP contribution in [0.4, 0.5) is 4.39 Å². The molecule has 0 radical (unpaired) electrons. The molecule has 1 amide bonds. The maximum atomic E-state index is 14.4. The number of carbonyl (C=O) groups is 1. The van der Waals surface area contributed by atoms with Crippen LogP contribution >= 0.6 is 0 Å². The molecule has 0 aliphatic carbocycles. The first-order valence-corrected chi connectivity index (χ1v) is 11.9. The van der Waals surface area contributed by atoms with E-state index in [9.17, 15) is 17.6 Å². The van der Waals surface area contributed by atoms with Crippen molar-refractivity contribution in [2.75, 3.05) is 13.1 Å².